The van der Waals surface area contributed by atoms with Gasteiger partial charge in [0.2, 0.25) is 0 Å². The van der Waals surface area contributed by atoms with Gasteiger partial charge in [-0.2, -0.15) is 0 Å². The Morgan fingerprint density at radius 1 is 1.28 bits per heavy atom. The van der Waals surface area contributed by atoms with E-state index < -0.39 is 5.79 Å². The van der Waals surface area contributed by atoms with Crippen LogP contribution in [-0.4, -0.2) is 39.3 Å². The van der Waals surface area contributed by atoms with Gasteiger partial charge in [-0.1, -0.05) is 30.3 Å². The zero-order valence-corrected chi connectivity index (χ0v) is 11.0. The summed E-state index contributed by atoms with van der Waals surface area (Å²) >= 11 is 0. The third-order valence-corrected chi connectivity index (χ3v) is 3.50. The molecule has 1 unspecified atom stereocenters. The summed E-state index contributed by atoms with van der Waals surface area (Å²) in [5.74, 6) is -0.576. The first-order chi connectivity index (χ1) is 8.80. The predicted octanol–water partition coefficient (Wildman–Crippen LogP) is 1.55. The summed E-state index contributed by atoms with van der Waals surface area (Å²) in [4.78, 5) is 0. The Kier molecular flexibility index (Phi) is 4.72. The molecule has 0 aromatic heterocycles. The van der Waals surface area contributed by atoms with Gasteiger partial charge in [0.1, 0.15) is 0 Å². The van der Waals surface area contributed by atoms with Crippen LogP contribution >= 0.6 is 0 Å². The van der Waals surface area contributed by atoms with E-state index in [4.69, 9.17) is 14.2 Å². The Morgan fingerprint density at radius 2 is 2.00 bits per heavy atom. The van der Waals surface area contributed by atoms with E-state index in [0.717, 1.165) is 13.0 Å². The summed E-state index contributed by atoms with van der Waals surface area (Å²) in [5.41, 5.74) is 1.24. The van der Waals surface area contributed by atoms with E-state index in [1.165, 1.54) is 5.56 Å². The van der Waals surface area contributed by atoms with Gasteiger partial charge in [-0.25, -0.2) is 0 Å². The maximum Gasteiger partial charge on any atom is 0.187 e. The molecule has 1 aromatic carbocycles. The van der Waals surface area contributed by atoms with Gasteiger partial charge in [-0.05, 0) is 5.56 Å². The summed E-state index contributed by atoms with van der Waals surface area (Å²) in [6.07, 6.45) is 0.743. The van der Waals surface area contributed by atoms with E-state index in [1.807, 2.05) is 18.2 Å². The van der Waals surface area contributed by atoms with Crippen molar-refractivity contribution in [2.75, 3.05) is 27.4 Å². The fourth-order valence-corrected chi connectivity index (χ4v) is 2.34. The molecule has 0 bridgehead atoms. The first kappa shape index (κ1) is 13.5. The Labute approximate surface area is 108 Å². The van der Waals surface area contributed by atoms with E-state index >= 15 is 0 Å². The molecule has 1 atom stereocenters. The lowest BCUT2D eigenvalue weighted by molar-refractivity contribution is -0.259. The summed E-state index contributed by atoms with van der Waals surface area (Å²) in [5, 5.41) is 3.46. The largest absolute Gasteiger partial charge is 0.379 e. The highest BCUT2D eigenvalue weighted by molar-refractivity contribution is 5.14. The first-order valence-electron chi connectivity index (χ1n) is 6.26. The lowest BCUT2D eigenvalue weighted by Crippen LogP contribution is -2.58. The number of rotatable bonds is 5. The standard InChI is InChI=1S/C14H21NO3/c1-16-14(17-2)8-9-18-11-13(14)15-10-12-6-4-3-5-7-12/h3-7,13,15H,8-11H2,1-2H3. The van der Waals surface area contributed by atoms with Crippen molar-refractivity contribution in [2.24, 2.45) is 0 Å². The predicted molar refractivity (Wildman–Crippen MR) is 69.3 cm³/mol. The van der Waals surface area contributed by atoms with Gasteiger partial charge in [-0.3, -0.25) is 0 Å². The van der Waals surface area contributed by atoms with Crippen molar-refractivity contribution in [3.63, 3.8) is 0 Å². The number of benzene rings is 1. The van der Waals surface area contributed by atoms with Gasteiger partial charge >= 0.3 is 0 Å². The maximum atomic E-state index is 5.56. The van der Waals surface area contributed by atoms with Crippen LogP contribution in [0.15, 0.2) is 30.3 Å². The SMILES string of the molecule is COC1(OC)CCOCC1NCc1ccccc1. The highest BCUT2D eigenvalue weighted by Crippen LogP contribution is 2.25. The van der Waals surface area contributed by atoms with Crippen LogP contribution in [0, 0.1) is 0 Å². The number of hydrogen-bond donors (Lipinski definition) is 1. The first-order valence-corrected chi connectivity index (χ1v) is 6.26. The van der Waals surface area contributed by atoms with Gasteiger partial charge in [0, 0.05) is 27.2 Å². The van der Waals surface area contributed by atoms with Gasteiger partial charge in [0.15, 0.2) is 5.79 Å². The molecular weight excluding hydrogens is 230 g/mol. The fraction of sp³-hybridized carbons (Fsp3) is 0.571. The third kappa shape index (κ3) is 2.90. The molecule has 4 nitrogen and oxygen atoms in total. The smallest absolute Gasteiger partial charge is 0.187 e. The summed E-state index contributed by atoms with van der Waals surface area (Å²) in [6.45, 7) is 2.06. The topological polar surface area (TPSA) is 39.7 Å². The van der Waals surface area contributed by atoms with E-state index in [2.05, 4.69) is 17.4 Å². The van der Waals surface area contributed by atoms with Gasteiger partial charge in [0.05, 0.1) is 19.3 Å². The molecule has 0 amide bonds. The minimum absolute atomic E-state index is 0.0430. The van der Waals surface area contributed by atoms with Crippen LogP contribution in [0.5, 0.6) is 0 Å². The second-order valence-corrected chi connectivity index (χ2v) is 4.46. The van der Waals surface area contributed by atoms with Gasteiger partial charge < -0.3 is 19.5 Å². The fourth-order valence-electron chi connectivity index (χ4n) is 2.34. The molecule has 1 aliphatic rings. The summed E-state index contributed by atoms with van der Waals surface area (Å²) in [7, 11) is 3.37. The zero-order chi connectivity index (χ0) is 12.8. The number of nitrogens with one attached hydrogen (secondary N) is 1. The van der Waals surface area contributed by atoms with Crippen molar-refractivity contribution >= 4 is 0 Å². The molecule has 0 radical (unpaired) electrons. The second-order valence-electron chi connectivity index (χ2n) is 4.46. The molecule has 18 heavy (non-hydrogen) atoms. The van der Waals surface area contributed by atoms with Crippen LogP contribution in [0.3, 0.4) is 0 Å². The van der Waals surface area contributed by atoms with Crippen LogP contribution < -0.4 is 5.32 Å². The molecule has 2 rings (SSSR count). The number of ether oxygens (including phenoxy) is 3. The summed E-state index contributed by atoms with van der Waals surface area (Å²) in [6, 6.07) is 10.3. The molecule has 1 heterocycles. The van der Waals surface area contributed by atoms with E-state index in [-0.39, 0.29) is 6.04 Å². The molecular formula is C14H21NO3. The molecule has 4 heteroatoms. The zero-order valence-electron chi connectivity index (χ0n) is 11.0. The highest BCUT2D eigenvalue weighted by atomic mass is 16.7. The molecule has 1 saturated heterocycles. The minimum Gasteiger partial charge on any atom is -0.379 e. The van der Waals surface area contributed by atoms with Crippen molar-refractivity contribution < 1.29 is 14.2 Å². The normalized spacial score (nSPS) is 22.9. The molecule has 0 aliphatic carbocycles. The van der Waals surface area contributed by atoms with E-state index in [0.29, 0.717) is 13.2 Å². The second kappa shape index (κ2) is 6.29. The lowest BCUT2D eigenvalue weighted by atomic mass is 10.0. The molecule has 0 spiro atoms. The van der Waals surface area contributed by atoms with Crippen LogP contribution in [0.25, 0.3) is 0 Å². The van der Waals surface area contributed by atoms with Crippen molar-refractivity contribution in [1.82, 2.24) is 5.32 Å². The molecule has 1 N–H and O–H groups in total. The minimum atomic E-state index is -0.576. The van der Waals surface area contributed by atoms with Crippen LogP contribution in [0.4, 0.5) is 0 Å². The molecule has 0 saturated carbocycles. The monoisotopic (exact) mass is 251 g/mol. The summed E-state index contributed by atoms with van der Waals surface area (Å²) < 4.78 is 16.6. The van der Waals surface area contributed by atoms with Crippen molar-refractivity contribution in [3.05, 3.63) is 35.9 Å². The third-order valence-electron chi connectivity index (χ3n) is 3.50. The highest BCUT2D eigenvalue weighted by Gasteiger charge is 2.41. The quantitative estimate of drug-likeness (QED) is 0.806. The Morgan fingerprint density at radius 3 is 2.67 bits per heavy atom. The molecule has 100 valence electrons. The maximum absolute atomic E-state index is 5.56. The molecule has 1 aromatic rings. The van der Waals surface area contributed by atoms with Crippen molar-refractivity contribution in [2.45, 2.75) is 24.8 Å². The average Bonchev–Trinajstić information content (AvgIpc) is 2.46. The lowest BCUT2D eigenvalue weighted by Gasteiger charge is -2.41. The molecule has 1 aliphatic heterocycles. The Bertz CT molecular complexity index is 351. The van der Waals surface area contributed by atoms with Crippen molar-refractivity contribution in [1.29, 1.82) is 0 Å². The molecule has 1 fully saturated rings. The Balaban J connectivity index is 1.98. The van der Waals surface area contributed by atoms with Crippen molar-refractivity contribution in [3.8, 4) is 0 Å². The van der Waals surface area contributed by atoms with Crippen LogP contribution in [0.1, 0.15) is 12.0 Å². The van der Waals surface area contributed by atoms with E-state index in [1.54, 1.807) is 14.2 Å². The van der Waals surface area contributed by atoms with Crippen LogP contribution in [0.2, 0.25) is 0 Å². The van der Waals surface area contributed by atoms with Crippen LogP contribution in [-0.2, 0) is 20.8 Å². The van der Waals surface area contributed by atoms with Gasteiger partial charge in [0.25, 0.3) is 0 Å². The van der Waals surface area contributed by atoms with Gasteiger partial charge in [-0.15, -0.1) is 0 Å². The van der Waals surface area contributed by atoms with E-state index in [9.17, 15) is 0 Å². The average molecular weight is 251 g/mol. The Hall–Kier alpha value is -0.940. The number of methoxy groups -OCH3 is 2. The number of hydrogen-bond acceptors (Lipinski definition) is 4.